The zero-order chi connectivity index (χ0) is 13.7. The van der Waals surface area contributed by atoms with Crippen molar-refractivity contribution in [2.24, 2.45) is 0 Å². The van der Waals surface area contributed by atoms with Crippen molar-refractivity contribution in [3.63, 3.8) is 0 Å². The zero-order valence-electron chi connectivity index (χ0n) is 11.0. The van der Waals surface area contributed by atoms with Crippen molar-refractivity contribution in [1.82, 2.24) is 24.7 Å². The molecule has 1 aliphatic carbocycles. The molecule has 0 aliphatic heterocycles. The van der Waals surface area contributed by atoms with Crippen LogP contribution in [0.25, 0.3) is 22.7 Å². The average molecular weight is 270 g/mol. The van der Waals surface area contributed by atoms with Crippen LogP contribution in [0.4, 0.5) is 5.95 Å². The van der Waals surface area contributed by atoms with E-state index in [1.807, 2.05) is 18.2 Å². The fourth-order valence-corrected chi connectivity index (χ4v) is 2.45. The van der Waals surface area contributed by atoms with E-state index in [0.717, 1.165) is 35.4 Å². The molecule has 7 nitrogen and oxygen atoms in total. The standard InChI is InChI=1S/C13H14N6O/c1-20-8-4-5-10-9(6-8)15-12(19(10)7-2-3-7)11-16-13(14)18-17-11/h4-7H,2-3H2,1H3,(H3,14,16,17,18). The summed E-state index contributed by atoms with van der Waals surface area (Å²) in [6.45, 7) is 0. The van der Waals surface area contributed by atoms with Gasteiger partial charge in [-0.25, -0.2) is 4.98 Å². The second-order valence-corrected chi connectivity index (χ2v) is 4.93. The van der Waals surface area contributed by atoms with Crippen molar-refractivity contribution in [2.45, 2.75) is 18.9 Å². The highest BCUT2D eigenvalue weighted by molar-refractivity contribution is 5.81. The van der Waals surface area contributed by atoms with Gasteiger partial charge in [-0.1, -0.05) is 0 Å². The van der Waals surface area contributed by atoms with E-state index in [4.69, 9.17) is 10.5 Å². The molecule has 102 valence electrons. The number of hydrogen-bond acceptors (Lipinski definition) is 5. The molecule has 0 atom stereocenters. The number of anilines is 1. The maximum atomic E-state index is 5.59. The fourth-order valence-electron chi connectivity index (χ4n) is 2.45. The lowest BCUT2D eigenvalue weighted by Gasteiger charge is -2.05. The molecule has 0 radical (unpaired) electrons. The van der Waals surface area contributed by atoms with Crippen LogP contribution in [0.2, 0.25) is 0 Å². The van der Waals surface area contributed by atoms with Crippen molar-refractivity contribution in [3.8, 4) is 17.4 Å². The summed E-state index contributed by atoms with van der Waals surface area (Å²) in [5.41, 5.74) is 7.56. The van der Waals surface area contributed by atoms with Crippen molar-refractivity contribution in [2.75, 3.05) is 12.8 Å². The number of methoxy groups -OCH3 is 1. The van der Waals surface area contributed by atoms with Gasteiger partial charge in [-0.05, 0) is 25.0 Å². The van der Waals surface area contributed by atoms with Crippen molar-refractivity contribution < 1.29 is 4.74 Å². The quantitative estimate of drug-likeness (QED) is 0.756. The van der Waals surface area contributed by atoms with Crippen LogP contribution in [-0.2, 0) is 0 Å². The first-order chi connectivity index (χ1) is 9.76. The Morgan fingerprint density at radius 2 is 2.20 bits per heavy atom. The Morgan fingerprint density at radius 3 is 2.85 bits per heavy atom. The van der Waals surface area contributed by atoms with Gasteiger partial charge in [-0.3, -0.25) is 5.10 Å². The van der Waals surface area contributed by atoms with E-state index < -0.39 is 0 Å². The third-order valence-corrected chi connectivity index (χ3v) is 3.52. The summed E-state index contributed by atoms with van der Waals surface area (Å²) in [7, 11) is 1.65. The first kappa shape index (κ1) is 11.3. The molecule has 4 rings (SSSR count). The Bertz CT molecular complexity index is 785. The van der Waals surface area contributed by atoms with Gasteiger partial charge in [0.25, 0.3) is 0 Å². The van der Waals surface area contributed by atoms with Gasteiger partial charge >= 0.3 is 0 Å². The summed E-state index contributed by atoms with van der Waals surface area (Å²) >= 11 is 0. The third-order valence-electron chi connectivity index (χ3n) is 3.52. The molecule has 1 aliphatic rings. The van der Waals surface area contributed by atoms with E-state index in [9.17, 15) is 0 Å². The van der Waals surface area contributed by atoms with E-state index >= 15 is 0 Å². The molecule has 0 spiro atoms. The number of rotatable bonds is 3. The number of aromatic nitrogens is 5. The molecule has 1 fully saturated rings. The van der Waals surface area contributed by atoms with E-state index in [1.54, 1.807) is 7.11 Å². The summed E-state index contributed by atoms with van der Waals surface area (Å²) in [4.78, 5) is 8.85. The Balaban J connectivity index is 1.96. The normalized spacial score (nSPS) is 14.8. The molecule has 3 N–H and O–H groups in total. The molecule has 2 heterocycles. The van der Waals surface area contributed by atoms with Crippen molar-refractivity contribution in [3.05, 3.63) is 18.2 Å². The maximum Gasteiger partial charge on any atom is 0.239 e. The number of nitrogens with zero attached hydrogens (tertiary/aromatic N) is 4. The lowest BCUT2D eigenvalue weighted by molar-refractivity contribution is 0.415. The smallest absolute Gasteiger partial charge is 0.239 e. The number of imidazole rings is 1. The van der Waals surface area contributed by atoms with E-state index in [-0.39, 0.29) is 5.95 Å². The largest absolute Gasteiger partial charge is 0.497 e. The summed E-state index contributed by atoms with van der Waals surface area (Å²) < 4.78 is 7.46. The zero-order valence-corrected chi connectivity index (χ0v) is 11.0. The maximum absolute atomic E-state index is 5.59. The Morgan fingerprint density at radius 1 is 1.35 bits per heavy atom. The minimum atomic E-state index is 0.229. The minimum Gasteiger partial charge on any atom is -0.497 e. The Hall–Kier alpha value is -2.57. The molecule has 2 aromatic heterocycles. The molecule has 0 amide bonds. The molecule has 20 heavy (non-hydrogen) atoms. The first-order valence-electron chi connectivity index (χ1n) is 6.50. The van der Waals surface area contributed by atoms with Gasteiger partial charge in [0, 0.05) is 12.1 Å². The summed E-state index contributed by atoms with van der Waals surface area (Å²) in [6.07, 6.45) is 2.32. The van der Waals surface area contributed by atoms with Gasteiger partial charge in [0.05, 0.1) is 18.1 Å². The van der Waals surface area contributed by atoms with Gasteiger partial charge in [-0.2, -0.15) is 4.98 Å². The second kappa shape index (κ2) is 3.96. The monoisotopic (exact) mass is 270 g/mol. The molecular formula is C13H14N6O. The van der Waals surface area contributed by atoms with Gasteiger partial charge in [0.1, 0.15) is 5.75 Å². The molecule has 0 unspecified atom stereocenters. The molecule has 3 aromatic rings. The van der Waals surface area contributed by atoms with Gasteiger partial charge < -0.3 is 15.0 Å². The summed E-state index contributed by atoms with van der Waals surface area (Å²) in [6, 6.07) is 6.39. The van der Waals surface area contributed by atoms with Crippen LogP contribution in [0.1, 0.15) is 18.9 Å². The van der Waals surface area contributed by atoms with E-state index in [0.29, 0.717) is 11.9 Å². The van der Waals surface area contributed by atoms with Crippen LogP contribution < -0.4 is 10.5 Å². The topological polar surface area (TPSA) is 94.6 Å². The minimum absolute atomic E-state index is 0.229. The van der Waals surface area contributed by atoms with Crippen LogP contribution in [0.15, 0.2) is 18.2 Å². The first-order valence-corrected chi connectivity index (χ1v) is 6.50. The number of aromatic amines is 1. The predicted molar refractivity (Wildman–Crippen MR) is 74.3 cm³/mol. The number of nitrogens with two attached hydrogens (primary N) is 1. The number of H-pyrrole nitrogens is 1. The highest BCUT2D eigenvalue weighted by Crippen LogP contribution is 2.41. The van der Waals surface area contributed by atoms with Crippen LogP contribution in [0.5, 0.6) is 5.75 Å². The van der Waals surface area contributed by atoms with Crippen molar-refractivity contribution >= 4 is 17.0 Å². The number of nitrogen functional groups attached to an aromatic ring is 1. The molecule has 0 saturated heterocycles. The Labute approximate surface area is 114 Å². The number of fused-ring (bicyclic) bond motifs is 1. The molecular weight excluding hydrogens is 256 g/mol. The molecule has 7 heteroatoms. The SMILES string of the molecule is COc1ccc2c(c1)nc(-c1nc(N)n[nH]1)n2C1CC1. The van der Waals surface area contributed by atoms with E-state index in [2.05, 4.69) is 24.7 Å². The van der Waals surface area contributed by atoms with Crippen LogP contribution >= 0.6 is 0 Å². The summed E-state index contributed by atoms with van der Waals surface area (Å²) in [5, 5.41) is 6.72. The fraction of sp³-hybridized carbons (Fsp3) is 0.308. The van der Waals surface area contributed by atoms with Crippen molar-refractivity contribution in [1.29, 1.82) is 0 Å². The lowest BCUT2D eigenvalue weighted by Crippen LogP contribution is -1.98. The third kappa shape index (κ3) is 1.63. The number of benzene rings is 1. The average Bonchev–Trinajstić information content (AvgIpc) is 3.09. The van der Waals surface area contributed by atoms with Gasteiger partial charge in [0.15, 0.2) is 11.6 Å². The lowest BCUT2D eigenvalue weighted by atomic mass is 10.3. The number of ether oxygens (including phenoxy) is 1. The predicted octanol–water partition coefficient (Wildman–Crippen LogP) is 1.75. The Kier molecular flexibility index (Phi) is 2.23. The highest BCUT2D eigenvalue weighted by Gasteiger charge is 2.29. The van der Waals surface area contributed by atoms with Gasteiger partial charge in [-0.15, -0.1) is 5.10 Å². The molecule has 0 bridgehead atoms. The highest BCUT2D eigenvalue weighted by atomic mass is 16.5. The van der Waals surface area contributed by atoms with Crippen LogP contribution in [0, 0.1) is 0 Å². The van der Waals surface area contributed by atoms with Crippen LogP contribution in [0.3, 0.4) is 0 Å². The molecule has 1 aromatic carbocycles. The summed E-state index contributed by atoms with van der Waals surface area (Å²) in [5.74, 6) is 2.40. The van der Waals surface area contributed by atoms with Gasteiger partial charge in [0.2, 0.25) is 5.95 Å². The van der Waals surface area contributed by atoms with Crippen LogP contribution in [-0.4, -0.2) is 31.8 Å². The van der Waals surface area contributed by atoms with E-state index in [1.165, 1.54) is 0 Å². The number of nitrogens with one attached hydrogen (secondary N) is 1. The molecule has 1 saturated carbocycles. The second-order valence-electron chi connectivity index (χ2n) is 4.93. The number of hydrogen-bond donors (Lipinski definition) is 2.